The van der Waals surface area contributed by atoms with Crippen LogP contribution in [0.4, 0.5) is 15.3 Å². The number of benzene rings is 1. The first-order valence-electron chi connectivity index (χ1n) is 12.3. The van der Waals surface area contributed by atoms with E-state index in [1.54, 1.807) is 6.92 Å². The van der Waals surface area contributed by atoms with Crippen LogP contribution < -0.4 is 16.0 Å². The van der Waals surface area contributed by atoms with Gasteiger partial charge in [0, 0.05) is 44.7 Å². The SMILES string of the molecule is CCCCCCCCNC(=O)N1CCC(N(C(C)=O)c2ccc(CCOC(N)=O)cc2)CC1. The van der Waals surface area contributed by atoms with Crippen LogP contribution in [0.1, 0.15) is 70.8 Å². The Morgan fingerprint density at radius 1 is 1.06 bits per heavy atom. The molecule has 1 aliphatic heterocycles. The van der Waals surface area contributed by atoms with Crippen LogP contribution >= 0.6 is 0 Å². The van der Waals surface area contributed by atoms with E-state index in [1.165, 1.54) is 25.7 Å². The fourth-order valence-electron chi connectivity index (χ4n) is 4.28. The van der Waals surface area contributed by atoms with Crippen molar-refractivity contribution in [2.75, 3.05) is 31.1 Å². The Kier molecular flexibility index (Phi) is 11.6. The lowest BCUT2D eigenvalue weighted by Crippen LogP contribution is -2.50. The number of nitrogens with one attached hydrogen (secondary N) is 1. The number of hydrogen-bond acceptors (Lipinski definition) is 4. The van der Waals surface area contributed by atoms with Gasteiger partial charge in [0.2, 0.25) is 5.91 Å². The molecule has 0 radical (unpaired) electrons. The highest BCUT2D eigenvalue weighted by atomic mass is 16.5. The average Bonchev–Trinajstić information content (AvgIpc) is 2.79. The molecule has 1 heterocycles. The van der Waals surface area contributed by atoms with Crippen LogP contribution in [0.2, 0.25) is 0 Å². The molecule has 33 heavy (non-hydrogen) atoms. The third-order valence-corrected chi connectivity index (χ3v) is 6.11. The number of ether oxygens (including phenoxy) is 1. The molecule has 0 aliphatic carbocycles. The average molecular weight is 461 g/mol. The van der Waals surface area contributed by atoms with E-state index in [1.807, 2.05) is 34.1 Å². The molecule has 1 aliphatic rings. The predicted molar refractivity (Wildman–Crippen MR) is 130 cm³/mol. The van der Waals surface area contributed by atoms with Crippen LogP contribution in [-0.2, 0) is 16.0 Å². The maximum absolute atomic E-state index is 12.5. The van der Waals surface area contributed by atoms with E-state index in [4.69, 9.17) is 10.5 Å². The van der Waals surface area contributed by atoms with Crippen LogP contribution in [0.3, 0.4) is 0 Å². The van der Waals surface area contributed by atoms with Crippen molar-refractivity contribution >= 4 is 23.7 Å². The van der Waals surface area contributed by atoms with Gasteiger partial charge in [0.05, 0.1) is 6.61 Å². The largest absolute Gasteiger partial charge is 0.449 e. The van der Waals surface area contributed by atoms with Gasteiger partial charge >= 0.3 is 12.1 Å². The molecule has 1 fully saturated rings. The number of rotatable bonds is 12. The van der Waals surface area contributed by atoms with E-state index in [2.05, 4.69) is 12.2 Å². The fraction of sp³-hybridized carbons (Fsp3) is 0.640. The minimum absolute atomic E-state index is 0.00100. The Balaban J connectivity index is 1.79. The van der Waals surface area contributed by atoms with Gasteiger partial charge in [0.15, 0.2) is 0 Å². The monoisotopic (exact) mass is 460 g/mol. The summed E-state index contributed by atoms with van der Waals surface area (Å²) in [5.74, 6) is -0.00853. The molecule has 1 aromatic carbocycles. The number of primary amides is 1. The minimum atomic E-state index is -0.781. The summed E-state index contributed by atoms with van der Waals surface area (Å²) < 4.78 is 4.77. The lowest BCUT2D eigenvalue weighted by atomic mass is 10.0. The van der Waals surface area contributed by atoms with Gasteiger partial charge in [-0.2, -0.15) is 0 Å². The molecule has 4 amide bonds. The first kappa shape index (κ1) is 26.5. The summed E-state index contributed by atoms with van der Waals surface area (Å²) >= 11 is 0. The van der Waals surface area contributed by atoms with Crippen LogP contribution in [0.15, 0.2) is 24.3 Å². The van der Waals surface area contributed by atoms with Gasteiger partial charge in [-0.05, 0) is 37.0 Å². The van der Waals surface area contributed by atoms with Crippen LogP contribution in [0, 0.1) is 0 Å². The van der Waals surface area contributed by atoms with Gasteiger partial charge in [0.1, 0.15) is 0 Å². The molecule has 0 saturated carbocycles. The van der Waals surface area contributed by atoms with E-state index in [0.717, 1.165) is 43.5 Å². The Morgan fingerprint density at radius 2 is 1.70 bits per heavy atom. The van der Waals surface area contributed by atoms with Gasteiger partial charge in [0.25, 0.3) is 0 Å². The number of urea groups is 1. The number of unbranched alkanes of at least 4 members (excludes halogenated alkanes) is 5. The number of anilines is 1. The lowest BCUT2D eigenvalue weighted by Gasteiger charge is -2.38. The summed E-state index contributed by atoms with van der Waals surface area (Å²) in [6, 6.07) is 7.76. The predicted octanol–water partition coefficient (Wildman–Crippen LogP) is 4.21. The van der Waals surface area contributed by atoms with E-state index >= 15 is 0 Å². The maximum atomic E-state index is 12.5. The third-order valence-electron chi connectivity index (χ3n) is 6.11. The molecular weight excluding hydrogens is 420 g/mol. The highest BCUT2D eigenvalue weighted by Gasteiger charge is 2.29. The van der Waals surface area contributed by atoms with E-state index in [0.29, 0.717) is 19.5 Å². The number of carbonyl (C=O) groups is 3. The molecule has 8 heteroatoms. The van der Waals surface area contributed by atoms with E-state index < -0.39 is 6.09 Å². The quantitative estimate of drug-likeness (QED) is 0.456. The van der Waals surface area contributed by atoms with Crippen molar-refractivity contribution in [1.29, 1.82) is 0 Å². The van der Waals surface area contributed by atoms with Gasteiger partial charge in [-0.25, -0.2) is 9.59 Å². The second-order valence-corrected chi connectivity index (χ2v) is 8.69. The van der Waals surface area contributed by atoms with Gasteiger partial charge in [-0.15, -0.1) is 0 Å². The number of amides is 4. The van der Waals surface area contributed by atoms with Crippen molar-refractivity contribution in [1.82, 2.24) is 10.2 Å². The van der Waals surface area contributed by atoms with Crippen molar-refractivity contribution in [3.05, 3.63) is 29.8 Å². The Morgan fingerprint density at radius 3 is 2.30 bits per heavy atom. The molecule has 184 valence electrons. The summed E-state index contributed by atoms with van der Waals surface area (Å²) in [7, 11) is 0. The van der Waals surface area contributed by atoms with Crippen molar-refractivity contribution in [3.63, 3.8) is 0 Å². The standard InChI is InChI=1S/C25H40N4O4/c1-3-4-5-6-7-8-16-27-25(32)28-17-13-23(14-18-28)29(20(2)30)22-11-9-21(10-12-22)15-19-33-24(26)31/h9-12,23H,3-8,13-19H2,1-2H3,(H2,26,31)(H,27,32). The van der Waals surface area contributed by atoms with Crippen molar-refractivity contribution in [3.8, 4) is 0 Å². The van der Waals surface area contributed by atoms with Gasteiger partial charge in [-0.1, -0.05) is 51.2 Å². The second-order valence-electron chi connectivity index (χ2n) is 8.69. The van der Waals surface area contributed by atoms with E-state index in [9.17, 15) is 14.4 Å². The Hall–Kier alpha value is -2.77. The zero-order valence-electron chi connectivity index (χ0n) is 20.2. The Bertz CT molecular complexity index is 745. The molecular formula is C25H40N4O4. The number of hydrogen-bond donors (Lipinski definition) is 2. The molecule has 0 spiro atoms. The molecule has 0 bridgehead atoms. The minimum Gasteiger partial charge on any atom is -0.449 e. The molecule has 2 rings (SSSR count). The van der Waals surface area contributed by atoms with Crippen molar-refractivity contribution in [2.24, 2.45) is 5.73 Å². The van der Waals surface area contributed by atoms with E-state index in [-0.39, 0.29) is 24.6 Å². The molecule has 1 aromatic rings. The molecule has 8 nitrogen and oxygen atoms in total. The smallest absolute Gasteiger partial charge is 0.404 e. The second kappa shape index (κ2) is 14.4. The Labute approximate surface area is 197 Å². The number of carbonyl (C=O) groups excluding carboxylic acids is 3. The van der Waals surface area contributed by atoms with Crippen molar-refractivity contribution < 1.29 is 19.1 Å². The highest BCUT2D eigenvalue weighted by molar-refractivity contribution is 5.92. The van der Waals surface area contributed by atoms with Crippen LogP contribution in [0.5, 0.6) is 0 Å². The maximum Gasteiger partial charge on any atom is 0.404 e. The summed E-state index contributed by atoms with van der Waals surface area (Å²) in [5, 5.41) is 3.04. The molecule has 0 aromatic heterocycles. The topological polar surface area (TPSA) is 105 Å². The number of nitrogens with two attached hydrogens (primary N) is 1. The zero-order chi connectivity index (χ0) is 24.1. The normalized spacial score (nSPS) is 14.1. The lowest BCUT2D eigenvalue weighted by molar-refractivity contribution is -0.117. The summed E-state index contributed by atoms with van der Waals surface area (Å²) in [5.41, 5.74) is 6.82. The summed E-state index contributed by atoms with van der Waals surface area (Å²) in [6.07, 6.45) is 8.50. The summed E-state index contributed by atoms with van der Waals surface area (Å²) in [4.78, 5) is 39.3. The van der Waals surface area contributed by atoms with Gasteiger partial charge in [-0.3, -0.25) is 4.79 Å². The highest BCUT2D eigenvalue weighted by Crippen LogP contribution is 2.25. The number of nitrogens with zero attached hydrogens (tertiary/aromatic N) is 2. The zero-order valence-corrected chi connectivity index (χ0v) is 20.2. The molecule has 3 N–H and O–H groups in total. The number of likely N-dealkylation sites (tertiary alicyclic amines) is 1. The first-order chi connectivity index (χ1) is 15.9. The molecule has 0 atom stereocenters. The molecule has 1 saturated heterocycles. The van der Waals surface area contributed by atoms with Crippen molar-refractivity contribution in [2.45, 2.75) is 77.7 Å². The first-order valence-corrected chi connectivity index (χ1v) is 12.3. The third kappa shape index (κ3) is 9.32. The van der Waals surface area contributed by atoms with Crippen LogP contribution in [0.25, 0.3) is 0 Å². The summed E-state index contributed by atoms with van der Waals surface area (Å²) in [6.45, 7) is 6.01. The number of piperidine rings is 1. The van der Waals surface area contributed by atoms with Gasteiger partial charge < -0.3 is 25.6 Å². The van der Waals surface area contributed by atoms with Crippen LogP contribution in [-0.4, -0.2) is 55.2 Å². The fourth-order valence-corrected chi connectivity index (χ4v) is 4.28. The molecule has 0 unspecified atom stereocenters.